The smallest absolute Gasteiger partial charge is 0.243 e. The first kappa shape index (κ1) is 18.2. The van der Waals surface area contributed by atoms with Gasteiger partial charge in [-0.1, -0.05) is 13.3 Å². The van der Waals surface area contributed by atoms with Gasteiger partial charge in [0.2, 0.25) is 10.0 Å². The maximum Gasteiger partial charge on any atom is 0.243 e. The number of sulfonamides is 1. The summed E-state index contributed by atoms with van der Waals surface area (Å²) in [6.45, 7) is 9.89. The van der Waals surface area contributed by atoms with Gasteiger partial charge in [0, 0.05) is 26.2 Å². The predicted octanol–water partition coefficient (Wildman–Crippen LogP) is 2.58. The van der Waals surface area contributed by atoms with Crippen molar-refractivity contribution < 1.29 is 13.2 Å². The molecule has 0 amide bonds. The quantitative estimate of drug-likeness (QED) is 0.765. The van der Waals surface area contributed by atoms with Crippen molar-refractivity contribution in [2.75, 3.05) is 32.7 Å². The number of piperazine rings is 1. The molecule has 1 aliphatic rings. The number of nitrogens with zero attached hydrogens (tertiary/aromatic N) is 2. The highest BCUT2D eigenvalue weighted by Gasteiger charge is 2.28. The third-order valence-corrected chi connectivity index (χ3v) is 5.91. The van der Waals surface area contributed by atoms with Crippen molar-refractivity contribution >= 4 is 10.0 Å². The lowest BCUT2D eigenvalue weighted by molar-refractivity contribution is 0.186. The van der Waals surface area contributed by atoms with Gasteiger partial charge in [-0.25, -0.2) is 8.42 Å². The van der Waals surface area contributed by atoms with Crippen molar-refractivity contribution in [3.63, 3.8) is 0 Å². The summed E-state index contributed by atoms with van der Waals surface area (Å²) in [5, 5.41) is 0. The Morgan fingerprint density at radius 1 is 1.09 bits per heavy atom. The van der Waals surface area contributed by atoms with E-state index in [1.165, 1.54) is 12.8 Å². The van der Waals surface area contributed by atoms with Gasteiger partial charge in [0.1, 0.15) is 5.75 Å². The summed E-state index contributed by atoms with van der Waals surface area (Å²) >= 11 is 0. The van der Waals surface area contributed by atoms with E-state index in [0.717, 1.165) is 19.6 Å². The lowest BCUT2D eigenvalue weighted by Gasteiger charge is -2.33. The summed E-state index contributed by atoms with van der Waals surface area (Å²) in [5.74, 6) is 0.698. The summed E-state index contributed by atoms with van der Waals surface area (Å²) in [5.41, 5.74) is 0. The number of benzene rings is 1. The van der Waals surface area contributed by atoms with E-state index in [-0.39, 0.29) is 6.10 Å². The molecule has 1 saturated heterocycles. The third-order valence-electron chi connectivity index (χ3n) is 3.99. The Kier molecular flexibility index (Phi) is 6.44. The molecule has 2 rings (SSSR count). The van der Waals surface area contributed by atoms with Gasteiger partial charge in [0.05, 0.1) is 11.0 Å². The largest absolute Gasteiger partial charge is 0.491 e. The zero-order chi connectivity index (χ0) is 16.9. The Balaban J connectivity index is 1.99. The molecule has 23 heavy (non-hydrogen) atoms. The monoisotopic (exact) mass is 340 g/mol. The molecule has 1 heterocycles. The van der Waals surface area contributed by atoms with Gasteiger partial charge in [-0.3, -0.25) is 0 Å². The van der Waals surface area contributed by atoms with Crippen LogP contribution in [0, 0.1) is 0 Å². The molecular weight excluding hydrogens is 312 g/mol. The van der Waals surface area contributed by atoms with Crippen LogP contribution in [-0.4, -0.2) is 56.5 Å². The van der Waals surface area contributed by atoms with E-state index < -0.39 is 10.0 Å². The van der Waals surface area contributed by atoms with Crippen molar-refractivity contribution in [1.29, 1.82) is 0 Å². The lowest BCUT2D eigenvalue weighted by Crippen LogP contribution is -2.48. The molecule has 6 heteroatoms. The molecule has 0 atom stereocenters. The number of rotatable bonds is 7. The fourth-order valence-corrected chi connectivity index (χ4v) is 4.11. The molecule has 1 fully saturated rings. The summed E-state index contributed by atoms with van der Waals surface area (Å²) in [6, 6.07) is 6.72. The fraction of sp³-hybridized carbons (Fsp3) is 0.647. The number of hydrogen-bond donors (Lipinski definition) is 0. The highest BCUT2D eigenvalue weighted by molar-refractivity contribution is 7.89. The minimum Gasteiger partial charge on any atom is -0.491 e. The molecule has 5 nitrogen and oxygen atoms in total. The van der Waals surface area contributed by atoms with Gasteiger partial charge in [-0.05, 0) is 51.1 Å². The lowest BCUT2D eigenvalue weighted by atomic mass is 10.3. The van der Waals surface area contributed by atoms with Crippen LogP contribution in [0.15, 0.2) is 29.2 Å². The van der Waals surface area contributed by atoms with Crippen LogP contribution in [0.4, 0.5) is 0 Å². The van der Waals surface area contributed by atoms with Gasteiger partial charge in [-0.2, -0.15) is 4.31 Å². The van der Waals surface area contributed by atoms with Gasteiger partial charge in [0.25, 0.3) is 0 Å². The van der Waals surface area contributed by atoms with E-state index in [9.17, 15) is 8.42 Å². The Labute approximate surface area is 140 Å². The van der Waals surface area contributed by atoms with Gasteiger partial charge in [-0.15, -0.1) is 0 Å². The molecule has 0 bridgehead atoms. The van der Waals surface area contributed by atoms with E-state index in [0.29, 0.717) is 23.7 Å². The Bertz CT molecular complexity index is 576. The van der Waals surface area contributed by atoms with Crippen LogP contribution >= 0.6 is 0 Å². The Morgan fingerprint density at radius 2 is 1.70 bits per heavy atom. The standard InChI is InChI=1S/C17H28N2O3S/c1-4-5-10-18-11-13-19(14-12-18)23(20,21)17-8-6-16(7-9-17)22-15(2)3/h6-9,15H,4-5,10-14H2,1-3H3. The van der Waals surface area contributed by atoms with E-state index in [4.69, 9.17) is 4.74 Å². The highest BCUT2D eigenvalue weighted by Crippen LogP contribution is 2.21. The van der Waals surface area contributed by atoms with Crippen LogP contribution in [0.1, 0.15) is 33.6 Å². The van der Waals surface area contributed by atoms with E-state index in [1.807, 2.05) is 13.8 Å². The van der Waals surface area contributed by atoms with Crippen molar-refractivity contribution in [2.45, 2.75) is 44.6 Å². The molecular formula is C17H28N2O3S. The molecule has 1 aromatic carbocycles. The molecule has 0 saturated carbocycles. The second kappa shape index (κ2) is 8.13. The van der Waals surface area contributed by atoms with Crippen molar-refractivity contribution in [3.8, 4) is 5.75 Å². The summed E-state index contributed by atoms with van der Waals surface area (Å²) in [6.07, 6.45) is 2.42. The van der Waals surface area contributed by atoms with Crippen LogP contribution in [0.25, 0.3) is 0 Å². The summed E-state index contributed by atoms with van der Waals surface area (Å²) in [4.78, 5) is 2.69. The topological polar surface area (TPSA) is 49.9 Å². The van der Waals surface area contributed by atoms with Crippen molar-refractivity contribution in [2.24, 2.45) is 0 Å². The zero-order valence-electron chi connectivity index (χ0n) is 14.4. The minimum absolute atomic E-state index is 0.0775. The van der Waals surface area contributed by atoms with E-state index in [2.05, 4.69) is 11.8 Å². The molecule has 0 unspecified atom stereocenters. The molecule has 0 radical (unpaired) electrons. The molecule has 1 aliphatic heterocycles. The van der Waals surface area contributed by atoms with Gasteiger partial charge in [0.15, 0.2) is 0 Å². The van der Waals surface area contributed by atoms with E-state index in [1.54, 1.807) is 28.6 Å². The number of unbranched alkanes of at least 4 members (excludes halogenated alkanes) is 1. The zero-order valence-corrected chi connectivity index (χ0v) is 15.2. The first-order chi connectivity index (χ1) is 10.9. The van der Waals surface area contributed by atoms with Crippen LogP contribution in [-0.2, 0) is 10.0 Å². The molecule has 130 valence electrons. The second-order valence-corrected chi connectivity index (χ2v) is 8.18. The molecule has 0 spiro atoms. The molecule has 1 aromatic rings. The van der Waals surface area contributed by atoms with Crippen LogP contribution in [0.5, 0.6) is 5.75 Å². The maximum atomic E-state index is 12.7. The third kappa shape index (κ3) is 4.93. The number of hydrogen-bond acceptors (Lipinski definition) is 4. The number of ether oxygens (including phenoxy) is 1. The molecule has 0 N–H and O–H groups in total. The predicted molar refractivity (Wildman–Crippen MR) is 92.3 cm³/mol. The van der Waals surface area contributed by atoms with Crippen LogP contribution in [0.2, 0.25) is 0 Å². The fourth-order valence-electron chi connectivity index (χ4n) is 2.69. The summed E-state index contributed by atoms with van der Waals surface area (Å²) in [7, 11) is -3.40. The van der Waals surface area contributed by atoms with Crippen molar-refractivity contribution in [3.05, 3.63) is 24.3 Å². The molecule has 0 aliphatic carbocycles. The second-order valence-electron chi connectivity index (χ2n) is 6.24. The Hall–Kier alpha value is -1.11. The SMILES string of the molecule is CCCCN1CCN(S(=O)(=O)c2ccc(OC(C)C)cc2)CC1. The maximum absolute atomic E-state index is 12.7. The average Bonchev–Trinajstić information content (AvgIpc) is 2.53. The Morgan fingerprint density at radius 3 is 2.22 bits per heavy atom. The van der Waals surface area contributed by atoms with Gasteiger partial charge >= 0.3 is 0 Å². The first-order valence-electron chi connectivity index (χ1n) is 8.42. The van der Waals surface area contributed by atoms with Crippen molar-refractivity contribution in [1.82, 2.24) is 9.21 Å². The highest BCUT2D eigenvalue weighted by atomic mass is 32.2. The minimum atomic E-state index is -3.40. The van der Waals surface area contributed by atoms with Crippen LogP contribution in [0.3, 0.4) is 0 Å². The first-order valence-corrected chi connectivity index (χ1v) is 9.86. The van der Waals surface area contributed by atoms with Gasteiger partial charge < -0.3 is 9.64 Å². The normalized spacial score (nSPS) is 17.6. The molecule has 0 aromatic heterocycles. The van der Waals surface area contributed by atoms with E-state index >= 15 is 0 Å². The average molecular weight is 340 g/mol. The summed E-state index contributed by atoms with van der Waals surface area (Å²) < 4.78 is 32.6. The van der Waals surface area contributed by atoms with Crippen LogP contribution < -0.4 is 4.74 Å².